The Morgan fingerprint density at radius 3 is 2.80 bits per heavy atom. The summed E-state index contributed by atoms with van der Waals surface area (Å²) in [5.74, 6) is 0.354. The Bertz CT molecular complexity index is 875. The number of guanidine groups is 1. The largest absolute Gasteiger partial charge is 0.380 e. The molecule has 0 aliphatic heterocycles. The zero-order valence-corrected chi connectivity index (χ0v) is 16.6. The normalized spacial score (nSPS) is 11.4. The molecule has 2 heterocycles. The molecule has 3 N–H and O–H groups in total. The lowest BCUT2D eigenvalue weighted by Gasteiger charge is -2.10. The number of nitrogens with one attached hydrogen (secondary N) is 1. The molecule has 0 bridgehead atoms. The minimum atomic E-state index is 0. The topological polar surface area (TPSA) is 76.9 Å². The van der Waals surface area contributed by atoms with Crippen molar-refractivity contribution in [3.05, 3.63) is 65.6 Å². The van der Waals surface area contributed by atoms with Gasteiger partial charge >= 0.3 is 0 Å². The Balaban J connectivity index is 0.00000225. The van der Waals surface area contributed by atoms with Crippen LogP contribution in [0, 0.1) is 6.92 Å². The molecule has 0 saturated carbocycles. The van der Waals surface area contributed by atoms with Crippen LogP contribution in [0.15, 0.2) is 53.7 Å². The first-order valence-electron chi connectivity index (χ1n) is 7.75. The Morgan fingerprint density at radius 1 is 1.24 bits per heavy atom. The number of hydrogen-bond acceptors (Lipinski definition) is 3. The highest BCUT2D eigenvalue weighted by atomic mass is 127. The number of fused-ring (bicyclic) bond motifs is 1. The zero-order valence-electron chi connectivity index (χ0n) is 14.3. The second-order valence-corrected chi connectivity index (χ2v) is 5.54. The van der Waals surface area contributed by atoms with Crippen molar-refractivity contribution in [3.8, 4) is 0 Å². The van der Waals surface area contributed by atoms with Gasteiger partial charge in [-0.3, -0.25) is 0 Å². The summed E-state index contributed by atoms with van der Waals surface area (Å²) in [6, 6.07) is 13.9. The third kappa shape index (κ3) is 4.70. The molecule has 7 heteroatoms. The van der Waals surface area contributed by atoms with Crippen LogP contribution in [0.1, 0.15) is 17.0 Å². The molecule has 0 radical (unpaired) electrons. The van der Waals surface area contributed by atoms with Crippen molar-refractivity contribution in [2.75, 3.05) is 12.4 Å². The predicted molar refractivity (Wildman–Crippen MR) is 111 cm³/mol. The van der Waals surface area contributed by atoms with E-state index in [2.05, 4.69) is 15.3 Å². The summed E-state index contributed by atoms with van der Waals surface area (Å²) in [6.45, 7) is 2.99. The van der Waals surface area contributed by atoms with Crippen molar-refractivity contribution in [2.24, 2.45) is 10.7 Å². The monoisotopic (exact) mass is 451 g/mol. The highest BCUT2D eigenvalue weighted by molar-refractivity contribution is 14.0. The summed E-state index contributed by atoms with van der Waals surface area (Å²) >= 11 is 0. The zero-order chi connectivity index (χ0) is 16.9. The Labute approximate surface area is 164 Å². The summed E-state index contributed by atoms with van der Waals surface area (Å²) in [5.41, 5.74) is 10.9. The van der Waals surface area contributed by atoms with Gasteiger partial charge in [-0.1, -0.05) is 24.3 Å². The van der Waals surface area contributed by atoms with Crippen molar-refractivity contribution in [1.29, 1.82) is 0 Å². The summed E-state index contributed by atoms with van der Waals surface area (Å²) in [4.78, 5) is 8.93. The maximum atomic E-state index is 6.01. The van der Waals surface area contributed by atoms with Crippen LogP contribution in [-0.2, 0) is 17.9 Å². The molecule has 0 amide bonds. The summed E-state index contributed by atoms with van der Waals surface area (Å²) in [6.07, 6.45) is 1.99. The lowest BCUT2D eigenvalue weighted by Crippen LogP contribution is -2.23. The number of pyridine rings is 1. The number of aryl methyl sites for hydroxylation is 1. The number of anilines is 1. The highest BCUT2D eigenvalue weighted by Crippen LogP contribution is 2.15. The van der Waals surface area contributed by atoms with Crippen molar-refractivity contribution in [1.82, 2.24) is 9.38 Å². The fourth-order valence-electron chi connectivity index (χ4n) is 2.54. The van der Waals surface area contributed by atoms with Gasteiger partial charge < -0.3 is 20.2 Å². The molecule has 3 rings (SSSR count). The number of hydrogen-bond donors (Lipinski definition) is 2. The number of imidazole rings is 1. The third-order valence-corrected chi connectivity index (χ3v) is 3.74. The van der Waals surface area contributed by atoms with Crippen LogP contribution in [0.3, 0.4) is 0 Å². The van der Waals surface area contributed by atoms with E-state index in [9.17, 15) is 0 Å². The van der Waals surface area contributed by atoms with Gasteiger partial charge in [0.25, 0.3) is 0 Å². The Hall–Kier alpha value is -2.13. The maximum absolute atomic E-state index is 6.01. The van der Waals surface area contributed by atoms with E-state index in [0.29, 0.717) is 19.1 Å². The molecule has 0 atom stereocenters. The van der Waals surface area contributed by atoms with Gasteiger partial charge in [-0.05, 0) is 25.1 Å². The molecule has 1 aromatic carbocycles. The van der Waals surface area contributed by atoms with E-state index in [1.165, 1.54) is 0 Å². The number of halogens is 1. The van der Waals surface area contributed by atoms with Crippen LogP contribution in [0.4, 0.5) is 5.69 Å². The number of methoxy groups -OCH3 is 1. The van der Waals surface area contributed by atoms with Gasteiger partial charge in [0, 0.05) is 30.3 Å². The van der Waals surface area contributed by atoms with E-state index in [1.807, 2.05) is 60.0 Å². The van der Waals surface area contributed by atoms with Crippen LogP contribution in [-0.4, -0.2) is 22.5 Å². The van der Waals surface area contributed by atoms with Gasteiger partial charge in [-0.25, -0.2) is 9.98 Å². The molecule has 25 heavy (non-hydrogen) atoms. The number of rotatable bonds is 5. The number of aromatic nitrogens is 2. The second kappa shape index (κ2) is 8.82. The predicted octanol–water partition coefficient (Wildman–Crippen LogP) is 3.33. The van der Waals surface area contributed by atoms with Crippen molar-refractivity contribution in [3.63, 3.8) is 0 Å². The second-order valence-electron chi connectivity index (χ2n) is 5.54. The summed E-state index contributed by atoms with van der Waals surface area (Å²) < 4.78 is 7.23. The first-order chi connectivity index (χ1) is 11.7. The number of nitrogens with zero attached hydrogens (tertiary/aromatic N) is 3. The smallest absolute Gasteiger partial charge is 0.193 e. The third-order valence-electron chi connectivity index (χ3n) is 3.74. The van der Waals surface area contributed by atoms with E-state index in [4.69, 9.17) is 10.5 Å². The number of ether oxygens (including phenoxy) is 1. The SMILES string of the molecule is COCc1ccccc1NC(N)=NCc1cn2c(C)cccc2n1.I. The molecular formula is C18H22IN5O. The Kier molecular flexibility index (Phi) is 6.77. The van der Waals surface area contributed by atoms with Crippen LogP contribution in [0.5, 0.6) is 0 Å². The van der Waals surface area contributed by atoms with Gasteiger partial charge in [0.15, 0.2) is 5.96 Å². The molecular weight excluding hydrogens is 429 g/mol. The number of para-hydroxylation sites is 1. The van der Waals surface area contributed by atoms with Gasteiger partial charge in [-0.15, -0.1) is 24.0 Å². The van der Waals surface area contributed by atoms with E-state index in [1.54, 1.807) is 7.11 Å². The lowest BCUT2D eigenvalue weighted by molar-refractivity contribution is 0.185. The van der Waals surface area contributed by atoms with E-state index >= 15 is 0 Å². The molecule has 0 aliphatic carbocycles. The van der Waals surface area contributed by atoms with Crippen molar-refractivity contribution >= 4 is 41.3 Å². The number of nitrogens with two attached hydrogens (primary N) is 1. The average Bonchev–Trinajstić information content (AvgIpc) is 3.00. The van der Waals surface area contributed by atoms with Crippen molar-refractivity contribution in [2.45, 2.75) is 20.1 Å². The van der Waals surface area contributed by atoms with E-state index < -0.39 is 0 Å². The van der Waals surface area contributed by atoms with Gasteiger partial charge in [0.05, 0.1) is 18.8 Å². The fourth-order valence-corrected chi connectivity index (χ4v) is 2.54. The number of benzene rings is 1. The van der Waals surface area contributed by atoms with E-state index in [-0.39, 0.29) is 24.0 Å². The lowest BCUT2D eigenvalue weighted by atomic mass is 10.2. The quantitative estimate of drug-likeness (QED) is 0.355. The summed E-state index contributed by atoms with van der Waals surface area (Å²) in [7, 11) is 1.67. The van der Waals surface area contributed by atoms with Crippen molar-refractivity contribution < 1.29 is 4.74 Å². The molecule has 2 aromatic heterocycles. The van der Waals surface area contributed by atoms with Gasteiger partial charge in [-0.2, -0.15) is 0 Å². The minimum absolute atomic E-state index is 0. The van der Waals surface area contributed by atoms with Crippen LogP contribution in [0.2, 0.25) is 0 Å². The van der Waals surface area contributed by atoms with Gasteiger partial charge in [0.1, 0.15) is 5.65 Å². The minimum Gasteiger partial charge on any atom is -0.380 e. The maximum Gasteiger partial charge on any atom is 0.193 e. The van der Waals surface area contributed by atoms with E-state index in [0.717, 1.165) is 28.3 Å². The molecule has 0 unspecified atom stereocenters. The van der Waals surface area contributed by atoms with Gasteiger partial charge in [0.2, 0.25) is 0 Å². The molecule has 3 aromatic rings. The molecule has 6 nitrogen and oxygen atoms in total. The summed E-state index contributed by atoms with van der Waals surface area (Å²) in [5, 5.41) is 3.12. The number of aliphatic imine (C=N–C) groups is 1. The van der Waals surface area contributed by atoms with Crippen LogP contribution in [0.25, 0.3) is 5.65 Å². The Morgan fingerprint density at radius 2 is 2.04 bits per heavy atom. The van der Waals surface area contributed by atoms with Crippen LogP contribution >= 0.6 is 24.0 Å². The standard InChI is InChI=1S/C18H21N5O.HI/c1-13-6-5-9-17-21-15(11-23(13)17)10-20-18(19)22-16-8-4-3-7-14(16)12-24-2;/h3-9,11H,10,12H2,1-2H3,(H3,19,20,22);1H. The molecule has 0 fully saturated rings. The molecule has 0 spiro atoms. The first kappa shape index (κ1) is 19.2. The average molecular weight is 451 g/mol. The molecule has 132 valence electrons. The molecule has 0 aliphatic rings. The molecule has 0 saturated heterocycles. The highest BCUT2D eigenvalue weighted by Gasteiger charge is 2.04. The fraction of sp³-hybridized carbons (Fsp3) is 0.222. The van der Waals surface area contributed by atoms with Crippen LogP contribution < -0.4 is 11.1 Å². The first-order valence-corrected chi connectivity index (χ1v) is 7.75.